The number of anilines is 1. The summed E-state index contributed by atoms with van der Waals surface area (Å²) in [6.45, 7) is 5.50. The molecule has 0 bridgehead atoms. The number of hydrogen-bond acceptors (Lipinski definition) is 6. The molecule has 23 heavy (non-hydrogen) atoms. The number of nitrogens with zero attached hydrogens (tertiary/aromatic N) is 3. The van der Waals surface area contributed by atoms with E-state index in [1.54, 1.807) is 0 Å². The summed E-state index contributed by atoms with van der Waals surface area (Å²) in [5.41, 5.74) is 0.470. The number of hydrogen-bond donors (Lipinski definition) is 3. The molecule has 7 heteroatoms. The highest BCUT2D eigenvalue weighted by Crippen LogP contribution is 2.16. The molecule has 0 spiro atoms. The van der Waals surface area contributed by atoms with Gasteiger partial charge in [0.1, 0.15) is 0 Å². The van der Waals surface area contributed by atoms with E-state index in [4.69, 9.17) is 0 Å². The lowest BCUT2D eigenvalue weighted by molar-refractivity contribution is 0.0868. The van der Waals surface area contributed by atoms with Crippen molar-refractivity contribution in [2.45, 2.75) is 38.6 Å². The van der Waals surface area contributed by atoms with Gasteiger partial charge in [0.15, 0.2) is 0 Å². The van der Waals surface area contributed by atoms with Crippen LogP contribution in [0.5, 0.6) is 0 Å². The topological polar surface area (TPSA) is 90.4 Å². The summed E-state index contributed by atoms with van der Waals surface area (Å²) < 4.78 is 0. The Morgan fingerprint density at radius 3 is 2.87 bits per heavy atom. The smallest absolute Gasteiger partial charge is 0.254 e. The van der Waals surface area contributed by atoms with Crippen molar-refractivity contribution >= 4 is 11.9 Å². The van der Waals surface area contributed by atoms with Gasteiger partial charge in [0.2, 0.25) is 5.95 Å². The first-order chi connectivity index (χ1) is 11.2. The van der Waals surface area contributed by atoms with Crippen LogP contribution in [0.3, 0.4) is 0 Å². The van der Waals surface area contributed by atoms with Gasteiger partial charge >= 0.3 is 0 Å². The molecule has 1 aliphatic rings. The van der Waals surface area contributed by atoms with Crippen molar-refractivity contribution in [2.24, 2.45) is 0 Å². The predicted molar refractivity (Wildman–Crippen MR) is 89.4 cm³/mol. The van der Waals surface area contributed by atoms with E-state index in [0.29, 0.717) is 18.1 Å². The zero-order valence-corrected chi connectivity index (χ0v) is 13.8. The molecule has 1 aromatic heterocycles. The van der Waals surface area contributed by atoms with Crippen LogP contribution in [-0.2, 0) is 0 Å². The van der Waals surface area contributed by atoms with Gasteiger partial charge in [0.05, 0.1) is 12.2 Å². The van der Waals surface area contributed by atoms with E-state index >= 15 is 0 Å². The molecule has 1 saturated heterocycles. The first kappa shape index (κ1) is 17.6. The number of piperidine rings is 1. The van der Waals surface area contributed by atoms with Crippen LogP contribution in [0.4, 0.5) is 5.95 Å². The maximum absolute atomic E-state index is 12.0. The van der Waals surface area contributed by atoms with E-state index in [1.807, 2.05) is 6.92 Å². The lowest BCUT2D eigenvalue weighted by Gasteiger charge is -2.34. The fraction of sp³-hybridized carbons (Fsp3) is 0.688. The second kappa shape index (κ2) is 9.42. The minimum Gasteiger partial charge on any atom is -0.395 e. The van der Waals surface area contributed by atoms with Gasteiger partial charge in [-0.3, -0.25) is 9.69 Å². The molecule has 1 aromatic rings. The van der Waals surface area contributed by atoms with Crippen molar-refractivity contribution in [2.75, 3.05) is 38.1 Å². The molecule has 0 radical (unpaired) electrons. The van der Waals surface area contributed by atoms with Gasteiger partial charge in [-0.1, -0.05) is 6.42 Å². The quantitative estimate of drug-likeness (QED) is 0.616. The molecule has 1 unspecified atom stereocenters. The number of aliphatic hydroxyl groups is 1. The fourth-order valence-corrected chi connectivity index (χ4v) is 2.84. The van der Waals surface area contributed by atoms with Crippen LogP contribution in [0.2, 0.25) is 0 Å². The van der Waals surface area contributed by atoms with E-state index in [2.05, 4.69) is 25.5 Å². The Labute approximate surface area is 137 Å². The zero-order chi connectivity index (χ0) is 16.5. The number of carbonyl (C=O) groups is 1. The van der Waals surface area contributed by atoms with Crippen LogP contribution in [0.25, 0.3) is 0 Å². The fourth-order valence-electron chi connectivity index (χ4n) is 2.84. The van der Waals surface area contributed by atoms with Crippen LogP contribution in [0.1, 0.15) is 43.0 Å². The standard InChI is InChI=1S/C16H27N5O2/c1-2-17-16-19-10-13(11-20-16)15(23)18-7-5-9-21-8-4-3-6-14(21)12-22/h10-11,14,22H,2-9,12H2,1H3,(H,18,23)(H,17,19,20). The Bertz CT molecular complexity index is 480. The molecule has 1 atom stereocenters. The monoisotopic (exact) mass is 321 g/mol. The third kappa shape index (κ3) is 5.44. The van der Waals surface area contributed by atoms with Crippen molar-refractivity contribution in [3.8, 4) is 0 Å². The molecule has 128 valence electrons. The van der Waals surface area contributed by atoms with Crippen LogP contribution in [-0.4, -0.2) is 64.7 Å². The molecule has 1 fully saturated rings. The minimum atomic E-state index is -0.148. The Kier molecular flexibility index (Phi) is 7.22. The average molecular weight is 321 g/mol. The van der Waals surface area contributed by atoms with Crippen molar-refractivity contribution in [3.63, 3.8) is 0 Å². The molecule has 1 amide bonds. The average Bonchev–Trinajstić information content (AvgIpc) is 2.60. The highest BCUT2D eigenvalue weighted by atomic mass is 16.3. The molecular formula is C16H27N5O2. The van der Waals surface area contributed by atoms with Gasteiger partial charge in [0.25, 0.3) is 5.91 Å². The van der Waals surface area contributed by atoms with E-state index < -0.39 is 0 Å². The van der Waals surface area contributed by atoms with Gasteiger partial charge in [-0.25, -0.2) is 9.97 Å². The van der Waals surface area contributed by atoms with Crippen molar-refractivity contribution in [1.29, 1.82) is 0 Å². The number of nitrogens with one attached hydrogen (secondary N) is 2. The molecule has 2 heterocycles. The van der Waals surface area contributed by atoms with E-state index in [1.165, 1.54) is 25.2 Å². The molecular weight excluding hydrogens is 294 g/mol. The molecule has 7 nitrogen and oxygen atoms in total. The third-order valence-electron chi connectivity index (χ3n) is 4.12. The first-order valence-electron chi connectivity index (χ1n) is 8.43. The molecule has 1 aliphatic heterocycles. The summed E-state index contributed by atoms with van der Waals surface area (Å²) in [4.78, 5) is 22.5. The number of likely N-dealkylation sites (tertiary alicyclic amines) is 1. The van der Waals surface area contributed by atoms with Gasteiger partial charge in [-0.15, -0.1) is 0 Å². The van der Waals surface area contributed by atoms with E-state index in [-0.39, 0.29) is 18.6 Å². The highest BCUT2D eigenvalue weighted by molar-refractivity contribution is 5.93. The summed E-state index contributed by atoms with van der Waals surface area (Å²) >= 11 is 0. The number of aliphatic hydroxyl groups excluding tert-OH is 1. The predicted octanol–water partition coefficient (Wildman–Crippen LogP) is 0.875. The summed E-state index contributed by atoms with van der Waals surface area (Å²) in [5, 5.41) is 15.3. The third-order valence-corrected chi connectivity index (χ3v) is 4.12. The van der Waals surface area contributed by atoms with E-state index in [0.717, 1.165) is 32.5 Å². The maximum Gasteiger partial charge on any atom is 0.254 e. The lowest BCUT2D eigenvalue weighted by Crippen LogP contribution is -2.43. The largest absolute Gasteiger partial charge is 0.395 e. The van der Waals surface area contributed by atoms with Crippen molar-refractivity contribution in [1.82, 2.24) is 20.2 Å². The van der Waals surface area contributed by atoms with Gasteiger partial charge < -0.3 is 15.7 Å². The van der Waals surface area contributed by atoms with E-state index in [9.17, 15) is 9.90 Å². The summed E-state index contributed by atoms with van der Waals surface area (Å²) in [5.74, 6) is 0.384. The zero-order valence-electron chi connectivity index (χ0n) is 13.8. The summed E-state index contributed by atoms with van der Waals surface area (Å²) in [7, 11) is 0. The normalized spacial score (nSPS) is 18.6. The molecule has 0 aromatic carbocycles. The SMILES string of the molecule is CCNc1ncc(C(=O)NCCCN2CCCCC2CO)cn1. The number of rotatable bonds is 8. The molecule has 0 saturated carbocycles. The van der Waals surface area contributed by atoms with Gasteiger partial charge in [-0.2, -0.15) is 0 Å². The van der Waals surface area contributed by atoms with Crippen LogP contribution in [0, 0.1) is 0 Å². The minimum absolute atomic E-state index is 0.148. The second-order valence-corrected chi connectivity index (χ2v) is 5.80. The van der Waals surface area contributed by atoms with Gasteiger partial charge in [-0.05, 0) is 32.7 Å². The second-order valence-electron chi connectivity index (χ2n) is 5.80. The number of aromatic nitrogens is 2. The van der Waals surface area contributed by atoms with Crippen LogP contribution < -0.4 is 10.6 Å². The molecule has 3 N–H and O–H groups in total. The van der Waals surface area contributed by atoms with Gasteiger partial charge in [0, 0.05) is 38.1 Å². The number of amides is 1. The Morgan fingerprint density at radius 2 is 2.17 bits per heavy atom. The maximum atomic E-state index is 12.0. The molecule has 0 aliphatic carbocycles. The lowest BCUT2D eigenvalue weighted by atomic mass is 10.0. The number of carbonyl (C=O) groups excluding carboxylic acids is 1. The van der Waals surface area contributed by atoms with Crippen LogP contribution >= 0.6 is 0 Å². The van der Waals surface area contributed by atoms with Crippen molar-refractivity contribution in [3.05, 3.63) is 18.0 Å². The Morgan fingerprint density at radius 1 is 1.39 bits per heavy atom. The van der Waals surface area contributed by atoms with Crippen molar-refractivity contribution < 1.29 is 9.90 Å². The van der Waals surface area contributed by atoms with Crippen LogP contribution in [0.15, 0.2) is 12.4 Å². The molecule has 2 rings (SSSR count). The Balaban J connectivity index is 1.69. The summed E-state index contributed by atoms with van der Waals surface area (Å²) in [6, 6.07) is 0.284. The summed E-state index contributed by atoms with van der Waals surface area (Å²) in [6.07, 6.45) is 7.40. The highest BCUT2D eigenvalue weighted by Gasteiger charge is 2.20. The first-order valence-corrected chi connectivity index (χ1v) is 8.43. The Hall–Kier alpha value is -1.73.